The van der Waals surface area contributed by atoms with Crippen molar-refractivity contribution in [2.24, 2.45) is 5.92 Å². The summed E-state index contributed by atoms with van der Waals surface area (Å²) in [5, 5.41) is 2.76. The molecule has 1 aliphatic carbocycles. The van der Waals surface area contributed by atoms with Gasteiger partial charge in [-0.1, -0.05) is 6.42 Å². The van der Waals surface area contributed by atoms with Gasteiger partial charge in [0.25, 0.3) is 0 Å². The number of carbonyl (C=O) groups is 2. The molecule has 0 aliphatic heterocycles. The first-order valence-corrected chi connectivity index (χ1v) is 6.49. The van der Waals surface area contributed by atoms with Crippen molar-refractivity contribution in [2.45, 2.75) is 58.6 Å². The van der Waals surface area contributed by atoms with E-state index in [1.54, 1.807) is 6.92 Å². The van der Waals surface area contributed by atoms with E-state index in [4.69, 9.17) is 9.47 Å². The van der Waals surface area contributed by atoms with Crippen LogP contribution < -0.4 is 5.32 Å². The predicted octanol–water partition coefficient (Wildman–Crippen LogP) is 2.24. The maximum absolute atomic E-state index is 11.7. The van der Waals surface area contributed by atoms with Crippen molar-refractivity contribution in [1.82, 2.24) is 5.32 Å². The highest BCUT2D eigenvalue weighted by atomic mass is 16.6. The summed E-state index contributed by atoms with van der Waals surface area (Å²) < 4.78 is 10.2. The Morgan fingerprint density at radius 3 is 2.50 bits per heavy atom. The average Bonchev–Trinajstić information content (AvgIpc) is 2.62. The first-order valence-electron chi connectivity index (χ1n) is 6.49. The van der Waals surface area contributed by atoms with E-state index in [1.165, 1.54) is 0 Å². The summed E-state index contributed by atoms with van der Waals surface area (Å²) in [6.07, 6.45) is 2.01. The van der Waals surface area contributed by atoms with Crippen LogP contribution in [-0.4, -0.2) is 30.3 Å². The van der Waals surface area contributed by atoms with Crippen LogP contribution in [0.4, 0.5) is 4.79 Å². The second-order valence-corrected chi connectivity index (χ2v) is 5.54. The molecular formula is C13H23NO4. The van der Waals surface area contributed by atoms with Gasteiger partial charge < -0.3 is 14.8 Å². The monoisotopic (exact) mass is 257 g/mol. The minimum absolute atomic E-state index is 0.168. The van der Waals surface area contributed by atoms with Gasteiger partial charge in [-0.25, -0.2) is 4.79 Å². The van der Waals surface area contributed by atoms with Gasteiger partial charge in [0.15, 0.2) is 0 Å². The summed E-state index contributed by atoms with van der Waals surface area (Å²) >= 11 is 0. The van der Waals surface area contributed by atoms with E-state index in [0.29, 0.717) is 6.61 Å². The molecule has 18 heavy (non-hydrogen) atoms. The normalized spacial score (nSPS) is 23.6. The fraction of sp³-hybridized carbons (Fsp3) is 0.846. The molecule has 1 saturated carbocycles. The molecule has 2 atom stereocenters. The molecule has 0 radical (unpaired) electrons. The van der Waals surface area contributed by atoms with Gasteiger partial charge in [0.05, 0.1) is 12.5 Å². The number of hydrogen-bond acceptors (Lipinski definition) is 4. The largest absolute Gasteiger partial charge is 0.466 e. The number of rotatable bonds is 3. The topological polar surface area (TPSA) is 64.6 Å². The standard InChI is InChI=1S/C13H23NO4/c1-5-17-11(15)9-7-6-8-10(9)14-12(16)18-13(2,3)4/h9-10H,5-8H2,1-4H3,(H,14,16)/t9-,10-/m0/s1. The molecule has 1 fully saturated rings. The fourth-order valence-electron chi connectivity index (χ4n) is 2.12. The van der Waals surface area contributed by atoms with E-state index < -0.39 is 11.7 Å². The molecule has 0 bridgehead atoms. The third-order valence-corrected chi connectivity index (χ3v) is 2.81. The fourth-order valence-corrected chi connectivity index (χ4v) is 2.12. The van der Waals surface area contributed by atoms with Crippen LogP contribution in [0.3, 0.4) is 0 Å². The van der Waals surface area contributed by atoms with Gasteiger partial charge in [0.2, 0.25) is 0 Å². The molecule has 0 heterocycles. The molecule has 0 aromatic rings. The lowest BCUT2D eigenvalue weighted by molar-refractivity contribution is -0.148. The van der Waals surface area contributed by atoms with Gasteiger partial charge in [0.1, 0.15) is 5.60 Å². The van der Waals surface area contributed by atoms with Crippen LogP contribution in [0.2, 0.25) is 0 Å². The minimum Gasteiger partial charge on any atom is -0.466 e. The zero-order chi connectivity index (χ0) is 13.8. The lowest BCUT2D eigenvalue weighted by Crippen LogP contribution is -2.43. The maximum Gasteiger partial charge on any atom is 0.407 e. The number of hydrogen-bond donors (Lipinski definition) is 1. The molecule has 1 amide bonds. The van der Waals surface area contributed by atoms with Crippen LogP contribution in [0.1, 0.15) is 47.0 Å². The highest BCUT2D eigenvalue weighted by molar-refractivity contribution is 5.75. The number of alkyl carbamates (subject to hydrolysis) is 1. The number of amides is 1. The SMILES string of the molecule is CCOC(=O)[C@H]1CCC[C@@H]1NC(=O)OC(C)(C)C. The Labute approximate surface area is 108 Å². The Morgan fingerprint density at radius 2 is 1.94 bits per heavy atom. The van der Waals surface area contributed by atoms with Crippen molar-refractivity contribution in [2.75, 3.05) is 6.61 Å². The van der Waals surface area contributed by atoms with Crippen LogP contribution >= 0.6 is 0 Å². The third-order valence-electron chi connectivity index (χ3n) is 2.81. The molecule has 5 nitrogen and oxygen atoms in total. The summed E-state index contributed by atoms with van der Waals surface area (Å²) in [4.78, 5) is 23.4. The molecule has 1 N–H and O–H groups in total. The molecule has 104 valence electrons. The molecule has 0 aromatic carbocycles. The van der Waals surface area contributed by atoms with Gasteiger partial charge in [-0.15, -0.1) is 0 Å². The van der Waals surface area contributed by atoms with Gasteiger partial charge in [-0.2, -0.15) is 0 Å². The molecule has 5 heteroatoms. The summed E-state index contributed by atoms with van der Waals surface area (Å²) in [5.41, 5.74) is -0.526. The van der Waals surface area contributed by atoms with Crippen molar-refractivity contribution in [3.8, 4) is 0 Å². The van der Waals surface area contributed by atoms with E-state index in [2.05, 4.69) is 5.32 Å². The predicted molar refractivity (Wildman–Crippen MR) is 67.1 cm³/mol. The van der Waals surface area contributed by atoms with E-state index in [-0.39, 0.29) is 17.9 Å². The lowest BCUT2D eigenvalue weighted by Gasteiger charge is -2.24. The Hall–Kier alpha value is -1.26. The number of nitrogens with one attached hydrogen (secondary N) is 1. The minimum atomic E-state index is -0.526. The van der Waals surface area contributed by atoms with Crippen molar-refractivity contribution in [3.63, 3.8) is 0 Å². The van der Waals surface area contributed by atoms with Crippen LogP contribution in [0, 0.1) is 5.92 Å². The average molecular weight is 257 g/mol. The van der Waals surface area contributed by atoms with E-state index in [1.807, 2.05) is 20.8 Å². The molecule has 0 aromatic heterocycles. The first kappa shape index (κ1) is 14.8. The van der Waals surface area contributed by atoms with Crippen molar-refractivity contribution >= 4 is 12.1 Å². The number of carbonyl (C=O) groups excluding carboxylic acids is 2. The van der Waals surface area contributed by atoms with Crippen LogP contribution in [0.25, 0.3) is 0 Å². The van der Waals surface area contributed by atoms with Gasteiger partial charge in [-0.3, -0.25) is 4.79 Å². The van der Waals surface area contributed by atoms with E-state index in [9.17, 15) is 9.59 Å². The molecule has 1 aliphatic rings. The Bertz CT molecular complexity index is 309. The molecule has 1 rings (SSSR count). The van der Waals surface area contributed by atoms with Gasteiger partial charge in [-0.05, 0) is 40.5 Å². The lowest BCUT2D eigenvalue weighted by atomic mass is 10.0. The first-order chi connectivity index (χ1) is 8.33. The van der Waals surface area contributed by atoms with Gasteiger partial charge in [0, 0.05) is 6.04 Å². The quantitative estimate of drug-likeness (QED) is 0.787. The third kappa shape index (κ3) is 4.55. The molecule has 0 spiro atoms. The van der Waals surface area contributed by atoms with Gasteiger partial charge >= 0.3 is 12.1 Å². The Balaban J connectivity index is 2.50. The summed E-state index contributed by atoms with van der Waals surface area (Å²) in [5.74, 6) is -0.464. The zero-order valence-corrected chi connectivity index (χ0v) is 11.6. The zero-order valence-electron chi connectivity index (χ0n) is 11.6. The van der Waals surface area contributed by atoms with E-state index >= 15 is 0 Å². The van der Waals surface area contributed by atoms with Crippen molar-refractivity contribution in [1.29, 1.82) is 0 Å². The van der Waals surface area contributed by atoms with Crippen molar-refractivity contribution < 1.29 is 19.1 Å². The Kier molecular flexibility index (Phi) is 4.99. The Morgan fingerprint density at radius 1 is 1.28 bits per heavy atom. The van der Waals surface area contributed by atoms with Crippen molar-refractivity contribution in [3.05, 3.63) is 0 Å². The highest BCUT2D eigenvalue weighted by Crippen LogP contribution is 2.27. The van der Waals surface area contributed by atoms with Crippen LogP contribution in [0.15, 0.2) is 0 Å². The summed E-state index contributed by atoms with van der Waals surface area (Å²) in [7, 11) is 0. The summed E-state index contributed by atoms with van der Waals surface area (Å²) in [6, 6.07) is -0.168. The number of esters is 1. The maximum atomic E-state index is 11.7. The molecule has 0 unspecified atom stereocenters. The van der Waals surface area contributed by atoms with Crippen LogP contribution in [0.5, 0.6) is 0 Å². The van der Waals surface area contributed by atoms with Crippen LogP contribution in [-0.2, 0) is 14.3 Å². The second kappa shape index (κ2) is 6.07. The second-order valence-electron chi connectivity index (χ2n) is 5.54. The molecular weight excluding hydrogens is 234 g/mol. The summed E-state index contributed by atoms with van der Waals surface area (Å²) in [6.45, 7) is 7.58. The smallest absolute Gasteiger partial charge is 0.407 e. The number of ether oxygens (including phenoxy) is 2. The molecule has 0 saturated heterocycles. The van der Waals surface area contributed by atoms with E-state index in [0.717, 1.165) is 19.3 Å². The highest BCUT2D eigenvalue weighted by Gasteiger charge is 2.35.